The molecular formula is C40H56Cl2F4N8O7. The molecule has 7 atom stereocenters. The van der Waals surface area contributed by atoms with Gasteiger partial charge in [0.1, 0.15) is 41.9 Å². The Kier molecular flexibility index (Phi) is 16.5. The molecule has 1 aromatic rings. The summed E-state index contributed by atoms with van der Waals surface area (Å²) in [6.07, 6.45) is -5.99. The molecule has 3 fully saturated rings. The summed E-state index contributed by atoms with van der Waals surface area (Å²) in [6, 6.07) is -5.00. The van der Waals surface area contributed by atoms with Crippen LogP contribution >= 0.6 is 23.2 Å². The van der Waals surface area contributed by atoms with E-state index in [-0.39, 0.29) is 43.2 Å². The number of nitrogens with zero attached hydrogens (tertiary/aromatic N) is 3. The normalized spacial score (nSPS) is 25.6. The summed E-state index contributed by atoms with van der Waals surface area (Å²) in [5.74, 6) is -6.65. The Morgan fingerprint density at radius 3 is 2.31 bits per heavy atom. The molecule has 15 nitrogen and oxygen atoms in total. The second-order valence-electron chi connectivity index (χ2n) is 17.1. The summed E-state index contributed by atoms with van der Waals surface area (Å²) in [5.41, 5.74) is 4.11. The monoisotopic (exact) mass is 906 g/mol. The van der Waals surface area contributed by atoms with Crippen LogP contribution in [0.15, 0.2) is 18.2 Å². The third-order valence-corrected chi connectivity index (χ3v) is 11.9. The number of alkyl halides is 4. The zero-order valence-corrected chi connectivity index (χ0v) is 36.6. The molecule has 1 saturated carbocycles. The second-order valence-corrected chi connectivity index (χ2v) is 18.0. The lowest BCUT2D eigenvalue weighted by Crippen LogP contribution is -2.62. The van der Waals surface area contributed by atoms with Gasteiger partial charge in [-0.2, -0.15) is 13.2 Å². The van der Waals surface area contributed by atoms with E-state index in [1.807, 2.05) is 13.8 Å². The smallest absolute Gasteiger partial charge is 0.354 e. The molecule has 6 N–H and O–H groups in total. The van der Waals surface area contributed by atoms with Crippen LogP contribution in [0, 0.1) is 11.8 Å². The van der Waals surface area contributed by atoms with Gasteiger partial charge in [-0.1, -0.05) is 37.0 Å². The van der Waals surface area contributed by atoms with Crippen LogP contribution < -0.4 is 27.0 Å². The first-order valence-electron chi connectivity index (χ1n) is 20.3. The van der Waals surface area contributed by atoms with Crippen LogP contribution in [-0.2, 0) is 40.0 Å². The molecule has 61 heavy (non-hydrogen) atoms. The molecule has 21 heteroatoms. The maximum absolute atomic E-state index is 14.6. The van der Waals surface area contributed by atoms with Crippen LogP contribution in [0.1, 0.15) is 78.2 Å². The van der Waals surface area contributed by atoms with Crippen molar-refractivity contribution in [3.63, 3.8) is 0 Å². The molecule has 1 aliphatic carbocycles. The molecule has 3 aliphatic rings. The maximum Gasteiger partial charge on any atom is 0.412 e. The molecule has 0 radical (unpaired) electrons. The fourth-order valence-corrected chi connectivity index (χ4v) is 7.93. The fraction of sp³-hybridized carbons (Fsp3) is 0.675. The Hall–Kier alpha value is -4.23. The predicted octanol–water partition coefficient (Wildman–Crippen LogP) is 2.64. The molecule has 2 saturated heterocycles. The minimum atomic E-state index is -5.15. The SMILES string of the molecule is CC(C)C[C@@H]1NC(=O)[C@@H](N(C)C(=O)[C@@H](NC(=O)[C@@H]2C[C@@H](F)CN2C(=O)[C@H](N)C(F)(F)F)C2CC2)CCCCNC(=O)C(C)(C)NC(=O)[C@H](Cc2cc(Cl)ccc2Cl)N(C)C1=O. The van der Waals surface area contributed by atoms with E-state index in [0.29, 0.717) is 34.7 Å². The highest BCUT2D eigenvalue weighted by Crippen LogP contribution is 2.35. The summed E-state index contributed by atoms with van der Waals surface area (Å²) in [6.45, 7) is 6.01. The average Bonchev–Trinajstić information content (AvgIpc) is 3.94. The number of hydrogen-bond acceptors (Lipinski definition) is 8. The molecule has 7 amide bonds. The van der Waals surface area contributed by atoms with Crippen molar-refractivity contribution >= 4 is 64.6 Å². The van der Waals surface area contributed by atoms with Crippen LogP contribution in [-0.4, -0.2) is 137 Å². The highest BCUT2D eigenvalue weighted by atomic mass is 35.5. The number of amides is 7. The van der Waals surface area contributed by atoms with E-state index in [9.17, 15) is 51.1 Å². The molecule has 0 spiro atoms. The summed E-state index contributed by atoms with van der Waals surface area (Å²) < 4.78 is 54.5. The number of nitrogens with two attached hydrogens (primary N) is 1. The van der Waals surface area contributed by atoms with E-state index in [0.717, 1.165) is 4.90 Å². The maximum atomic E-state index is 14.6. The molecule has 4 rings (SSSR count). The van der Waals surface area contributed by atoms with Crippen molar-refractivity contribution in [2.45, 2.75) is 133 Å². The predicted molar refractivity (Wildman–Crippen MR) is 217 cm³/mol. The van der Waals surface area contributed by atoms with Crippen molar-refractivity contribution in [2.24, 2.45) is 17.6 Å². The number of benzene rings is 1. The molecule has 1 aromatic carbocycles. The molecule has 340 valence electrons. The third-order valence-electron chi connectivity index (χ3n) is 11.3. The van der Waals surface area contributed by atoms with Gasteiger partial charge in [-0.05, 0) is 88.0 Å². The molecular weight excluding hydrogens is 851 g/mol. The summed E-state index contributed by atoms with van der Waals surface area (Å²) in [7, 11) is 2.72. The second kappa shape index (κ2) is 20.3. The Morgan fingerprint density at radius 1 is 1.05 bits per heavy atom. The number of halogens is 6. The first-order chi connectivity index (χ1) is 28.3. The molecule has 2 aliphatic heterocycles. The van der Waals surface area contributed by atoms with Crippen molar-refractivity contribution in [3.05, 3.63) is 33.8 Å². The van der Waals surface area contributed by atoms with Crippen LogP contribution in [0.25, 0.3) is 0 Å². The molecule has 0 unspecified atom stereocenters. The number of likely N-dealkylation sites (N-methyl/N-ethyl adjacent to an activating group) is 2. The van der Waals surface area contributed by atoms with E-state index in [1.165, 1.54) is 32.8 Å². The zero-order valence-electron chi connectivity index (χ0n) is 35.0. The van der Waals surface area contributed by atoms with Crippen molar-refractivity contribution in [1.29, 1.82) is 0 Å². The molecule has 0 bridgehead atoms. The van der Waals surface area contributed by atoms with E-state index < -0.39 is 114 Å². The topological polar surface area (TPSA) is 203 Å². The van der Waals surface area contributed by atoms with Gasteiger partial charge in [0, 0.05) is 43.5 Å². The lowest BCUT2D eigenvalue weighted by atomic mass is 9.97. The largest absolute Gasteiger partial charge is 0.412 e. The van der Waals surface area contributed by atoms with E-state index >= 15 is 0 Å². The van der Waals surface area contributed by atoms with Crippen LogP contribution in [0.2, 0.25) is 10.0 Å². The molecule has 0 aromatic heterocycles. The highest BCUT2D eigenvalue weighted by molar-refractivity contribution is 6.33. The summed E-state index contributed by atoms with van der Waals surface area (Å²) in [4.78, 5) is 99.5. The number of carbonyl (C=O) groups is 7. The van der Waals surface area contributed by atoms with Crippen molar-refractivity contribution < 1.29 is 51.1 Å². The quantitative estimate of drug-likeness (QED) is 0.221. The van der Waals surface area contributed by atoms with Crippen molar-refractivity contribution in [3.8, 4) is 0 Å². The van der Waals surface area contributed by atoms with Gasteiger partial charge in [0.25, 0.3) is 0 Å². The van der Waals surface area contributed by atoms with Crippen molar-refractivity contribution in [2.75, 3.05) is 27.2 Å². The average molecular weight is 908 g/mol. The van der Waals surface area contributed by atoms with Gasteiger partial charge in [0.15, 0.2) is 6.04 Å². The standard InChI is InChI=1S/C40H56Cl2F4N8O7/c1-20(2)15-26-35(58)53(6)28(17-22-16-23(41)12-13-25(22)42)34(57)51-39(3,4)38(61)48-14-8-7-9-27(32(55)49-26)52(5)36(59)30(21-10-11-21)50-33(56)29-18-24(43)19-54(29)37(60)31(47)40(44,45)46/h12-13,16,20-21,24,26-31H,7-11,14-15,17-19,47H2,1-6H3,(H,48,61)(H,49,55)(H,50,56)(H,51,57)/t24-,26+,27+,28+,29+,30+,31+/m1/s1. The van der Waals surface area contributed by atoms with Gasteiger partial charge in [0.2, 0.25) is 41.4 Å². The number of carbonyl (C=O) groups excluding carboxylic acids is 7. The number of likely N-dealkylation sites (tertiary alicyclic amines) is 1. The van der Waals surface area contributed by atoms with E-state index in [2.05, 4.69) is 21.3 Å². The fourth-order valence-electron chi connectivity index (χ4n) is 7.54. The number of nitrogens with one attached hydrogen (secondary N) is 4. The Labute approximate surface area is 362 Å². The summed E-state index contributed by atoms with van der Waals surface area (Å²) >= 11 is 12.7. The lowest BCUT2D eigenvalue weighted by Gasteiger charge is -2.36. The van der Waals surface area contributed by atoms with E-state index in [4.69, 9.17) is 28.9 Å². The number of rotatable bonds is 10. The van der Waals surface area contributed by atoms with E-state index in [1.54, 1.807) is 18.2 Å². The summed E-state index contributed by atoms with van der Waals surface area (Å²) in [5, 5.41) is 11.5. The van der Waals surface area contributed by atoms with Crippen molar-refractivity contribution in [1.82, 2.24) is 36.0 Å². The minimum Gasteiger partial charge on any atom is -0.354 e. The Morgan fingerprint density at radius 2 is 1.70 bits per heavy atom. The zero-order chi connectivity index (χ0) is 45.7. The number of hydrogen-bond donors (Lipinski definition) is 5. The van der Waals surface area contributed by atoms with Crippen LogP contribution in [0.3, 0.4) is 0 Å². The Bertz CT molecular complexity index is 1830. The van der Waals surface area contributed by atoms with Gasteiger partial charge in [-0.3, -0.25) is 33.6 Å². The third kappa shape index (κ3) is 12.7. The lowest BCUT2D eigenvalue weighted by molar-refractivity contribution is -0.171. The van der Waals surface area contributed by atoms with Crippen LogP contribution in [0.5, 0.6) is 0 Å². The first kappa shape index (κ1) is 49.4. The van der Waals surface area contributed by atoms with Gasteiger partial charge < -0.3 is 41.7 Å². The Balaban J connectivity index is 1.65. The van der Waals surface area contributed by atoms with Crippen LogP contribution in [0.4, 0.5) is 17.6 Å². The minimum absolute atomic E-state index is 0.0352. The first-order valence-corrected chi connectivity index (χ1v) is 21.0. The highest BCUT2D eigenvalue weighted by Gasteiger charge is 2.50. The van der Waals surface area contributed by atoms with Gasteiger partial charge in [0.05, 0.1) is 6.54 Å². The van der Waals surface area contributed by atoms with Gasteiger partial charge in [-0.25, -0.2) is 4.39 Å². The van der Waals surface area contributed by atoms with Gasteiger partial charge in [-0.15, -0.1) is 0 Å². The molecule has 2 heterocycles. The van der Waals surface area contributed by atoms with Gasteiger partial charge >= 0.3 is 6.18 Å².